The zero-order valence-electron chi connectivity index (χ0n) is 29.9. The second-order valence-corrected chi connectivity index (χ2v) is 14.3. The molecule has 0 aliphatic heterocycles. The van der Waals surface area contributed by atoms with Gasteiger partial charge in [-0.2, -0.15) is 0 Å². The fourth-order valence-corrected chi connectivity index (χ4v) is 8.96. The minimum Gasteiger partial charge on any atom is -0.438 e. The summed E-state index contributed by atoms with van der Waals surface area (Å²) in [4.78, 5) is 7.30. The summed E-state index contributed by atoms with van der Waals surface area (Å²) in [5.74, 6) is 0. The van der Waals surface area contributed by atoms with Crippen LogP contribution in [0.4, 0.5) is 17.1 Å². The number of pyridine rings is 1. The number of rotatable bonds is 6. The summed E-state index contributed by atoms with van der Waals surface area (Å²) in [5.41, 5.74) is 14.8. The third-order valence-electron chi connectivity index (χ3n) is 11.3. The summed E-state index contributed by atoms with van der Waals surface area (Å²) >= 11 is 0. The molecule has 0 amide bonds. The van der Waals surface area contributed by atoms with E-state index in [-0.39, 0.29) is 0 Å². The lowest BCUT2D eigenvalue weighted by Gasteiger charge is -2.35. The Hall–Kier alpha value is -7.23. The molecular formula is C52H34N2O. The number of hydrogen-bond donors (Lipinski definition) is 0. The Labute approximate surface area is 319 Å². The summed E-state index contributed by atoms with van der Waals surface area (Å²) in [6.07, 6.45) is 0. The van der Waals surface area contributed by atoms with Crippen LogP contribution in [0.2, 0.25) is 0 Å². The van der Waals surface area contributed by atoms with Crippen molar-refractivity contribution >= 4 is 50.0 Å². The van der Waals surface area contributed by atoms with Crippen LogP contribution in [0.5, 0.6) is 0 Å². The first-order valence-electron chi connectivity index (χ1n) is 18.8. The standard InChI is InChI=1S/C52H34N2O/c1-4-16-35(17-5-1)41-23-12-15-27-49(41)54(40-29-31-44-45-32-36-18-10-14-26-48(36)53-51(45)55-50(44)34-40)39-28-30-43-42-24-11-13-25-46(42)52(47(43)33-39,37-19-6-2-7-20-37)38-21-8-3-9-22-38/h1-34H. The fraction of sp³-hybridized carbons (Fsp3) is 0.0192. The Balaban J connectivity index is 1.19. The molecule has 0 atom stereocenters. The molecule has 1 aliphatic carbocycles. The summed E-state index contributed by atoms with van der Waals surface area (Å²) < 4.78 is 6.57. The van der Waals surface area contributed by atoms with E-state index in [2.05, 4.69) is 199 Å². The molecule has 3 heteroatoms. The summed E-state index contributed by atoms with van der Waals surface area (Å²) in [5, 5.41) is 3.16. The first-order valence-corrected chi connectivity index (χ1v) is 18.8. The lowest BCUT2D eigenvalue weighted by Crippen LogP contribution is -2.28. The highest BCUT2D eigenvalue weighted by molar-refractivity contribution is 6.08. The molecule has 0 saturated heterocycles. The van der Waals surface area contributed by atoms with Crippen LogP contribution in [0.15, 0.2) is 211 Å². The Morgan fingerprint density at radius 1 is 0.436 bits per heavy atom. The first kappa shape index (κ1) is 31.3. The molecule has 1 aliphatic rings. The Bertz CT molecular complexity index is 3000. The van der Waals surface area contributed by atoms with Gasteiger partial charge in [-0.25, -0.2) is 4.98 Å². The molecule has 2 aromatic heterocycles. The van der Waals surface area contributed by atoms with Crippen molar-refractivity contribution in [2.24, 2.45) is 0 Å². The molecule has 0 spiro atoms. The SMILES string of the molecule is c1ccc(-c2ccccc2N(c2ccc3c(c2)C(c2ccccc2)(c2ccccc2)c2ccccc2-3)c2ccc3c(c2)oc2nc4ccccc4cc23)cc1. The van der Waals surface area contributed by atoms with Crippen molar-refractivity contribution in [2.75, 3.05) is 4.90 Å². The van der Waals surface area contributed by atoms with Gasteiger partial charge in [-0.3, -0.25) is 0 Å². The third-order valence-corrected chi connectivity index (χ3v) is 11.3. The number of anilines is 3. The van der Waals surface area contributed by atoms with Crippen molar-refractivity contribution < 1.29 is 4.42 Å². The minimum atomic E-state index is -0.522. The number of furan rings is 1. The minimum absolute atomic E-state index is 0.522. The van der Waals surface area contributed by atoms with E-state index in [1.165, 1.54) is 33.4 Å². The van der Waals surface area contributed by atoms with Crippen molar-refractivity contribution in [3.05, 3.63) is 229 Å². The van der Waals surface area contributed by atoms with Gasteiger partial charge in [-0.05, 0) is 81.4 Å². The monoisotopic (exact) mass is 702 g/mol. The van der Waals surface area contributed by atoms with Gasteiger partial charge in [0.05, 0.1) is 16.6 Å². The molecule has 55 heavy (non-hydrogen) atoms. The van der Waals surface area contributed by atoms with Crippen LogP contribution >= 0.6 is 0 Å². The van der Waals surface area contributed by atoms with Crippen LogP contribution in [-0.4, -0.2) is 4.98 Å². The van der Waals surface area contributed by atoms with Gasteiger partial charge in [-0.1, -0.05) is 158 Å². The van der Waals surface area contributed by atoms with Gasteiger partial charge in [0.15, 0.2) is 0 Å². The van der Waals surface area contributed by atoms with Crippen LogP contribution in [0, 0.1) is 0 Å². The maximum absolute atomic E-state index is 6.57. The summed E-state index contributed by atoms with van der Waals surface area (Å²) in [7, 11) is 0. The Morgan fingerprint density at radius 3 is 1.82 bits per heavy atom. The highest BCUT2D eigenvalue weighted by atomic mass is 16.3. The molecule has 8 aromatic carbocycles. The predicted octanol–water partition coefficient (Wildman–Crippen LogP) is 13.6. The van der Waals surface area contributed by atoms with Gasteiger partial charge in [0.25, 0.3) is 0 Å². The number of para-hydroxylation sites is 2. The molecular weight excluding hydrogens is 669 g/mol. The number of benzene rings is 8. The molecule has 0 unspecified atom stereocenters. The Morgan fingerprint density at radius 2 is 1.04 bits per heavy atom. The lowest BCUT2D eigenvalue weighted by atomic mass is 9.67. The highest BCUT2D eigenvalue weighted by Crippen LogP contribution is 2.57. The topological polar surface area (TPSA) is 29.3 Å². The normalized spacial score (nSPS) is 12.9. The summed E-state index contributed by atoms with van der Waals surface area (Å²) in [6.45, 7) is 0. The number of hydrogen-bond acceptors (Lipinski definition) is 3. The third kappa shape index (κ3) is 4.80. The van der Waals surface area contributed by atoms with Crippen molar-refractivity contribution in [1.82, 2.24) is 4.98 Å². The number of aromatic nitrogens is 1. The van der Waals surface area contributed by atoms with Gasteiger partial charge in [0, 0.05) is 39.2 Å². The molecule has 0 bridgehead atoms. The van der Waals surface area contributed by atoms with E-state index in [9.17, 15) is 0 Å². The van der Waals surface area contributed by atoms with Crippen molar-refractivity contribution in [3.8, 4) is 22.3 Å². The van der Waals surface area contributed by atoms with Crippen LogP contribution in [0.1, 0.15) is 22.3 Å². The number of nitrogens with zero attached hydrogens (tertiary/aromatic N) is 2. The maximum Gasteiger partial charge on any atom is 0.227 e. The quantitative estimate of drug-likeness (QED) is 0.173. The van der Waals surface area contributed by atoms with Gasteiger partial charge >= 0.3 is 0 Å². The van der Waals surface area contributed by atoms with Crippen LogP contribution < -0.4 is 4.90 Å². The molecule has 3 nitrogen and oxygen atoms in total. The molecule has 0 radical (unpaired) electrons. The second kappa shape index (κ2) is 12.4. The van der Waals surface area contributed by atoms with E-state index >= 15 is 0 Å². The van der Waals surface area contributed by atoms with Crippen LogP contribution in [0.25, 0.3) is 55.2 Å². The fourth-order valence-electron chi connectivity index (χ4n) is 8.96. The van der Waals surface area contributed by atoms with E-state index in [0.29, 0.717) is 5.71 Å². The average molecular weight is 703 g/mol. The molecule has 0 N–H and O–H groups in total. The molecule has 0 saturated carbocycles. The average Bonchev–Trinajstić information content (AvgIpc) is 3.76. The van der Waals surface area contributed by atoms with E-state index < -0.39 is 5.41 Å². The van der Waals surface area contributed by atoms with E-state index in [1.807, 2.05) is 12.1 Å². The largest absolute Gasteiger partial charge is 0.438 e. The van der Waals surface area contributed by atoms with E-state index in [0.717, 1.165) is 55.4 Å². The zero-order chi connectivity index (χ0) is 36.3. The van der Waals surface area contributed by atoms with Crippen LogP contribution in [-0.2, 0) is 5.41 Å². The number of fused-ring (bicyclic) bond motifs is 7. The smallest absolute Gasteiger partial charge is 0.227 e. The van der Waals surface area contributed by atoms with Gasteiger partial charge < -0.3 is 9.32 Å². The van der Waals surface area contributed by atoms with Crippen molar-refractivity contribution in [2.45, 2.75) is 5.41 Å². The van der Waals surface area contributed by atoms with E-state index in [4.69, 9.17) is 9.40 Å². The lowest BCUT2D eigenvalue weighted by molar-refractivity contribution is 0.656. The van der Waals surface area contributed by atoms with Gasteiger partial charge in [0.1, 0.15) is 5.58 Å². The second-order valence-electron chi connectivity index (χ2n) is 14.3. The van der Waals surface area contributed by atoms with Crippen molar-refractivity contribution in [1.29, 1.82) is 0 Å². The molecule has 258 valence electrons. The van der Waals surface area contributed by atoms with Crippen LogP contribution in [0.3, 0.4) is 0 Å². The molecule has 11 rings (SSSR count). The maximum atomic E-state index is 6.57. The van der Waals surface area contributed by atoms with Gasteiger partial charge in [0.2, 0.25) is 5.71 Å². The highest BCUT2D eigenvalue weighted by Gasteiger charge is 2.46. The Kier molecular flexibility index (Phi) is 7.08. The zero-order valence-corrected chi connectivity index (χ0v) is 29.9. The first-order chi connectivity index (χ1) is 27.3. The molecule has 0 fully saturated rings. The predicted molar refractivity (Wildman–Crippen MR) is 226 cm³/mol. The molecule has 2 heterocycles. The van der Waals surface area contributed by atoms with Gasteiger partial charge in [-0.15, -0.1) is 0 Å². The van der Waals surface area contributed by atoms with E-state index in [1.54, 1.807) is 0 Å². The summed E-state index contributed by atoms with van der Waals surface area (Å²) in [6, 6.07) is 74.2. The van der Waals surface area contributed by atoms with Crippen molar-refractivity contribution in [3.63, 3.8) is 0 Å². The molecule has 10 aromatic rings.